The molecular formula is C20H25N5OS2. The number of aromatic nitrogens is 2. The normalized spacial score (nSPS) is 11.5. The molecule has 0 fully saturated rings. The highest BCUT2D eigenvalue weighted by Crippen LogP contribution is 2.25. The second kappa shape index (κ2) is 9.66. The first-order valence-electron chi connectivity index (χ1n) is 9.05. The molecule has 0 radical (unpaired) electrons. The predicted octanol–water partition coefficient (Wildman–Crippen LogP) is 3.80. The van der Waals surface area contributed by atoms with Crippen LogP contribution in [-0.4, -0.2) is 36.6 Å². The van der Waals surface area contributed by atoms with Gasteiger partial charge in [-0.05, 0) is 38.1 Å². The average molecular weight is 416 g/mol. The molecule has 28 heavy (non-hydrogen) atoms. The van der Waals surface area contributed by atoms with Gasteiger partial charge in [-0.1, -0.05) is 0 Å². The summed E-state index contributed by atoms with van der Waals surface area (Å²) in [5.74, 6) is 1.61. The highest BCUT2D eigenvalue weighted by molar-refractivity contribution is 7.13. The lowest BCUT2D eigenvalue weighted by Crippen LogP contribution is -2.37. The lowest BCUT2D eigenvalue weighted by Gasteiger charge is -2.10. The van der Waals surface area contributed by atoms with E-state index in [2.05, 4.69) is 39.8 Å². The first-order valence-corrected chi connectivity index (χ1v) is 10.7. The van der Waals surface area contributed by atoms with E-state index in [0.29, 0.717) is 6.54 Å². The van der Waals surface area contributed by atoms with E-state index in [1.54, 1.807) is 36.8 Å². The Balaban J connectivity index is 1.49. The van der Waals surface area contributed by atoms with Crippen LogP contribution in [-0.2, 0) is 13.0 Å². The third-order valence-corrected chi connectivity index (χ3v) is 6.33. The van der Waals surface area contributed by atoms with Crippen molar-refractivity contribution in [2.24, 2.45) is 4.99 Å². The number of methoxy groups -OCH3 is 1. The van der Waals surface area contributed by atoms with Gasteiger partial charge >= 0.3 is 0 Å². The van der Waals surface area contributed by atoms with Gasteiger partial charge in [-0.25, -0.2) is 9.97 Å². The molecule has 3 rings (SSSR count). The lowest BCUT2D eigenvalue weighted by atomic mass is 10.2. The summed E-state index contributed by atoms with van der Waals surface area (Å²) >= 11 is 3.39. The Hall–Kier alpha value is -2.45. The molecule has 1 aromatic carbocycles. The van der Waals surface area contributed by atoms with E-state index in [1.165, 1.54) is 4.88 Å². The van der Waals surface area contributed by atoms with E-state index in [-0.39, 0.29) is 0 Å². The van der Waals surface area contributed by atoms with Crippen molar-refractivity contribution < 1.29 is 4.74 Å². The molecule has 148 valence electrons. The van der Waals surface area contributed by atoms with E-state index in [1.807, 2.05) is 24.3 Å². The van der Waals surface area contributed by atoms with Gasteiger partial charge in [0.1, 0.15) is 10.8 Å². The van der Waals surface area contributed by atoms with Crippen molar-refractivity contribution in [1.29, 1.82) is 0 Å². The number of rotatable bonds is 7. The summed E-state index contributed by atoms with van der Waals surface area (Å²) < 4.78 is 5.20. The van der Waals surface area contributed by atoms with E-state index < -0.39 is 0 Å². The van der Waals surface area contributed by atoms with Crippen LogP contribution in [0, 0.1) is 13.8 Å². The maximum atomic E-state index is 5.20. The summed E-state index contributed by atoms with van der Waals surface area (Å²) in [6, 6.07) is 7.95. The minimum absolute atomic E-state index is 0.627. The Morgan fingerprint density at radius 1 is 1.14 bits per heavy atom. The number of benzene rings is 1. The Labute approximate surface area is 173 Å². The largest absolute Gasteiger partial charge is 0.497 e. The van der Waals surface area contributed by atoms with Crippen LogP contribution in [0.3, 0.4) is 0 Å². The second-order valence-electron chi connectivity index (χ2n) is 6.22. The molecule has 0 atom stereocenters. The lowest BCUT2D eigenvalue weighted by molar-refractivity contribution is 0.415. The number of nitrogens with one attached hydrogen (secondary N) is 2. The number of hydrogen-bond acceptors (Lipinski definition) is 6. The standard InChI is InChI=1S/C20H25N5OS2/c1-13-14(2)28-18(24-13)9-10-22-20(21-3)23-11-16-12-27-19(25-16)15-5-7-17(26-4)8-6-15/h5-8,12H,9-11H2,1-4H3,(H2,21,22,23). The summed E-state index contributed by atoms with van der Waals surface area (Å²) in [7, 11) is 3.44. The molecule has 0 unspecified atom stereocenters. The number of thiazole rings is 2. The van der Waals surface area contributed by atoms with Crippen LogP contribution in [0.5, 0.6) is 5.75 Å². The highest BCUT2D eigenvalue weighted by atomic mass is 32.1. The molecule has 0 aliphatic rings. The molecule has 3 aromatic rings. The second-order valence-corrected chi connectivity index (χ2v) is 8.37. The zero-order valence-corrected chi connectivity index (χ0v) is 18.2. The molecule has 0 saturated heterocycles. The van der Waals surface area contributed by atoms with Gasteiger partial charge < -0.3 is 15.4 Å². The maximum Gasteiger partial charge on any atom is 0.191 e. The number of hydrogen-bond donors (Lipinski definition) is 2. The van der Waals surface area contributed by atoms with Crippen LogP contribution in [0.15, 0.2) is 34.6 Å². The SMILES string of the molecule is CN=C(NCCc1nc(C)c(C)s1)NCc1csc(-c2ccc(OC)cc2)n1. The molecule has 6 nitrogen and oxygen atoms in total. The van der Waals surface area contributed by atoms with E-state index in [0.717, 1.165) is 51.6 Å². The number of aliphatic imine (C=N–C) groups is 1. The molecule has 0 bridgehead atoms. The summed E-state index contributed by atoms with van der Waals surface area (Å²) in [5.41, 5.74) is 3.21. The van der Waals surface area contributed by atoms with Crippen molar-refractivity contribution in [2.75, 3.05) is 20.7 Å². The third kappa shape index (κ3) is 5.30. The third-order valence-electron chi connectivity index (χ3n) is 4.25. The van der Waals surface area contributed by atoms with Gasteiger partial charge in [0.05, 0.1) is 30.1 Å². The van der Waals surface area contributed by atoms with Crippen molar-refractivity contribution in [3.63, 3.8) is 0 Å². The van der Waals surface area contributed by atoms with E-state index in [4.69, 9.17) is 9.72 Å². The molecule has 2 N–H and O–H groups in total. The Kier molecular flexibility index (Phi) is 7.00. The van der Waals surface area contributed by atoms with Gasteiger partial charge in [-0.3, -0.25) is 4.99 Å². The van der Waals surface area contributed by atoms with Gasteiger partial charge in [0, 0.05) is 35.8 Å². The molecule has 0 spiro atoms. The minimum atomic E-state index is 0.627. The number of guanidine groups is 1. The molecule has 2 heterocycles. The zero-order chi connectivity index (χ0) is 19.9. The van der Waals surface area contributed by atoms with Crippen molar-refractivity contribution in [3.8, 4) is 16.3 Å². The Morgan fingerprint density at radius 3 is 2.57 bits per heavy atom. The van der Waals surface area contributed by atoms with Crippen LogP contribution in [0.25, 0.3) is 10.6 Å². The fourth-order valence-corrected chi connectivity index (χ4v) is 4.34. The van der Waals surface area contributed by atoms with Crippen molar-refractivity contribution in [2.45, 2.75) is 26.8 Å². The summed E-state index contributed by atoms with van der Waals surface area (Å²) in [5, 5.41) is 10.9. The Bertz CT molecular complexity index is 911. The quantitative estimate of drug-likeness (QED) is 0.454. The molecule has 0 aliphatic carbocycles. The van der Waals surface area contributed by atoms with Gasteiger partial charge in [-0.2, -0.15) is 0 Å². The first kappa shape index (κ1) is 20.3. The smallest absolute Gasteiger partial charge is 0.191 e. The fraction of sp³-hybridized carbons (Fsp3) is 0.350. The van der Waals surface area contributed by atoms with Crippen molar-refractivity contribution >= 4 is 28.6 Å². The zero-order valence-electron chi connectivity index (χ0n) is 16.6. The van der Waals surface area contributed by atoms with Crippen LogP contribution >= 0.6 is 22.7 Å². The first-order chi connectivity index (χ1) is 13.6. The summed E-state index contributed by atoms with van der Waals surface area (Å²) in [4.78, 5) is 14.8. The number of nitrogens with zero attached hydrogens (tertiary/aromatic N) is 3. The van der Waals surface area contributed by atoms with Gasteiger partial charge in [-0.15, -0.1) is 22.7 Å². The van der Waals surface area contributed by atoms with Crippen LogP contribution < -0.4 is 15.4 Å². The van der Waals surface area contributed by atoms with Gasteiger partial charge in [0.25, 0.3) is 0 Å². The molecule has 0 aliphatic heterocycles. The molecule has 0 saturated carbocycles. The van der Waals surface area contributed by atoms with Gasteiger partial charge in [0.15, 0.2) is 5.96 Å². The van der Waals surface area contributed by atoms with Crippen LogP contribution in [0.4, 0.5) is 0 Å². The predicted molar refractivity (Wildman–Crippen MR) is 118 cm³/mol. The molecular weight excluding hydrogens is 390 g/mol. The topological polar surface area (TPSA) is 71.4 Å². The van der Waals surface area contributed by atoms with Gasteiger partial charge in [0.2, 0.25) is 0 Å². The molecule has 0 amide bonds. The molecule has 8 heteroatoms. The minimum Gasteiger partial charge on any atom is -0.497 e. The highest BCUT2D eigenvalue weighted by Gasteiger charge is 2.07. The monoisotopic (exact) mass is 415 g/mol. The maximum absolute atomic E-state index is 5.20. The van der Waals surface area contributed by atoms with E-state index in [9.17, 15) is 0 Å². The summed E-state index contributed by atoms with van der Waals surface area (Å²) in [6.45, 7) is 5.58. The number of ether oxygens (including phenoxy) is 1. The molecule has 2 aromatic heterocycles. The van der Waals surface area contributed by atoms with Crippen molar-refractivity contribution in [3.05, 3.63) is 50.9 Å². The number of aryl methyl sites for hydroxylation is 2. The summed E-state index contributed by atoms with van der Waals surface area (Å²) in [6.07, 6.45) is 0.887. The van der Waals surface area contributed by atoms with E-state index >= 15 is 0 Å². The van der Waals surface area contributed by atoms with Crippen molar-refractivity contribution in [1.82, 2.24) is 20.6 Å². The van der Waals surface area contributed by atoms with Crippen LogP contribution in [0.2, 0.25) is 0 Å². The fourth-order valence-electron chi connectivity index (χ4n) is 2.58. The Morgan fingerprint density at radius 2 is 1.93 bits per heavy atom. The van der Waals surface area contributed by atoms with Crippen LogP contribution in [0.1, 0.15) is 21.3 Å². The average Bonchev–Trinajstić information content (AvgIpc) is 3.31.